The zero-order chi connectivity index (χ0) is 28.9. The van der Waals surface area contributed by atoms with Crippen molar-refractivity contribution in [1.29, 1.82) is 0 Å². The minimum absolute atomic E-state index is 0.851. The molecule has 0 N–H and O–H groups in total. The van der Waals surface area contributed by atoms with Crippen LogP contribution in [0.25, 0.3) is 0 Å². The maximum atomic E-state index is 4.42. The fraction of sp³-hybridized carbons (Fsp3) is 0.333. The number of azo groups is 2. The van der Waals surface area contributed by atoms with Crippen LogP contribution in [0.5, 0.6) is 0 Å². The van der Waals surface area contributed by atoms with Crippen molar-refractivity contribution >= 4 is 34.1 Å². The van der Waals surface area contributed by atoms with Crippen molar-refractivity contribution in [3.63, 3.8) is 0 Å². The summed E-state index contributed by atoms with van der Waals surface area (Å²) in [6, 6.07) is 24.3. The monoisotopic (exact) mass is 550 g/mol. The first kappa shape index (κ1) is 29.5. The Morgan fingerprint density at radius 1 is 0.537 bits per heavy atom. The van der Waals surface area contributed by atoms with Crippen molar-refractivity contribution in [2.24, 2.45) is 20.5 Å². The van der Waals surface area contributed by atoms with Crippen LogP contribution in [0.15, 0.2) is 118 Å². The Hall–Kier alpha value is -4.46. The third-order valence-electron chi connectivity index (χ3n) is 6.99. The number of unbranched alkanes of at least 4 members (excludes halogenated alkanes) is 3. The number of rotatable bonds is 14. The Morgan fingerprint density at radius 2 is 1.05 bits per heavy atom. The highest BCUT2D eigenvalue weighted by Gasteiger charge is 2.05. The second-order valence-corrected chi connectivity index (χ2v) is 10.3. The SMILES string of the molecule is CCN(C)c1ccc(/N=N/c2cc[n+](CCCCCC[n+]3cccc(/N=N/c4ccc(N(C)C)cc4)c3)cc2)cc1. The summed E-state index contributed by atoms with van der Waals surface area (Å²) in [5.41, 5.74) is 5.76. The predicted octanol–water partition coefficient (Wildman–Crippen LogP) is 7.88. The fourth-order valence-corrected chi connectivity index (χ4v) is 4.32. The second kappa shape index (κ2) is 15.4. The molecule has 0 unspecified atom stereocenters. The topological polar surface area (TPSA) is 63.7 Å². The molecule has 8 heteroatoms. The first-order chi connectivity index (χ1) is 20.0. The van der Waals surface area contributed by atoms with E-state index in [9.17, 15) is 0 Å². The van der Waals surface area contributed by atoms with E-state index in [-0.39, 0.29) is 0 Å². The highest BCUT2D eigenvalue weighted by atomic mass is 15.1. The molecule has 41 heavy (non-hydrogen) atoms. The van der Waals surface area contributed by atoms with Gasteiger partial charge in [-0.25, -0.2) is 9.13 Å². The van der Waals surface area contributed by atoms with E-state index in [0.717, 1.165) is 60.9 Å². The maximum absolute atomic E-state index is 4.42. The van der Waals surface area contributed by atoms with E-state index in [1.807, 2.05) is 74.8 Å². The molecule has 2 heterocycles. The number of hydrogen-bond acceptors (Lipinski definition) is 6. The highest BCUT2D eigenvalue weighted by Crippen LogP contribution is 2.22. The maximum Gasteiger partial charge on any atom is 0.196 e. The van der Waals surface area contributed by atoms with Crippen LogP contribution in [-0.2, 0) is 13.1 Å². The number of aryl methyl sites for hydroxylation is 2. The summed E-state index contributed by atoms with van der Waals surface area (Å²) in [6.07, 6.45) is 13.0. The summed E-state index contributed by atoms with van der Waals surface area (Å²) in [5.74, 6) is 0. The quantitative estimate of drug-likeness (QED) is 0.0911. The van der Waals surface area contributed by atoms with Gasteiger partial charge in [0.25, 0.3) is 0 Å². The number of anilines is 2. The summed E-state index contributed by atoms with van der Waals surface area (Å²) >= 11 is 0. The van der Waals surface area contributed by atoms with Gasteiger partial charge in [0.15, 0.2) is 24.8 Å². The normalized spacial score (nSPS) is 11.4. The smallest absolute Gasteiger partial charge is 0.196 e. The molecular weight excluding hydrogens is 508 g/mol. The van der Waals surface area contributed by atoms with Gasteiger partial charge in [-0.15, -0.1) is 5.11 Å². The number of nitrogens with zero attached hydrogens (tertiary/aromatic N) is 8. The Balaban J connectivity index is 1.14. The number of aromatic nitrogens is 2. The van der Waals surface area contributed by atoms with Gasteiger partial charge in [-0.2, -0.15) is 15.3 Å². The molecule has 0 bridgehead atoms. The average Bonchev–Trinajstić information content (AvgIpc) is 3.01. The summed E-state index contributed by atoms with van der Waals surface area (Å²) in [6.45, 7) is 5.09. The lowest BCUT2D eigenvalue weighted by Crippen LogP contribution is -2.33. The summed E-state index contributed by atoms with van der Waals surface area (Å²) in [7, 11) is 6.14. The zero-order valence-corrected chi connectivity index (χ0v) is 24.8. The molecule has 4 aromatic rings. The minimum atomic E-state index is 0.851. The molecule has 2 aromatic carbocycles. The van der Waals surface area contributed by atoms with Crippen molar-refractivity contribution in [2.45, 2.75) is 45.7 Å². The first-order valence-corrected chi connectivity index (χ1v) is 14.4. The van der Waals surface area contributed by atoms with Gasteiger partial charge in [-0.3, -0.25) is 0 Å². The largest absolute Gasteiger partial charge is 0.378 e. The predicted molar refractivity (Wildman–Crippen MR) is 166 cm³/mol. The van der Waals surface area contributed by atoms with Gasteiger partial charge in [0.2, 0.25) is 0 Å². The molecule has 8 nitrogen and oxygen atoms in total. The van der Waals surface area contributed by atoms with E-state index in [2.05, 4.69) is 90.3 Å². The van der Waals surface area contributed by atoms with Gasteiger partial charge < -0.3 is 9.80 Å². The highest BCUT2D eigenvalue weighted by molar-refractivity contribution is 5.53. The lowest BCUT2D eigenvalue weighted by molar-refractivity contribution is -0.698. The number of pyridine rings is 2. The Labute approximate surface area is 244 Å². The van der Waals surface area contributed by atoms with E-state index in [1.54, 1.807) is 0 Å². The van der Waals surface area contributed by atoms with Crippen LogP contribution in [0.4, 0.5) is 34.1 Å². The third kappa shape index (κ3) is 9.60. The molecule has 0 spiro atoms. The number of benzene rings is 2. The van der Waals surface area contributed by atoms with Crippen LogP contribution < -0.4 is 18.9 Å². The van der Waals surface area contributed by atoms with Crippen LogP contribution in [0.3, 0.4) is 0 Å². The zero-order valence-electron chi connectivity index (χ0n) is 24.8. The molecule has 0 saturated carbocycles. The van der Waals surface area contributed by atoms with Crippen molar-refractivity contribution in [3.8, 4) is 0 Å². The number of hydrogen-bond donors (Lipinski definition) is 0. The molecule has 4 rings (SSSR count). The molecule has 0 radical (unpaired) electrons. The molecule has 0 aliphatic heterocycles. The fourth-order valence-electron chi connectivity index (χ4n) is 4.32. The Bertz CT molecular complexity index is 1390. The molecule has 2 aromatic heterocycles. The molecule has 212 valence electrons. The van der Waals surface area contributed by atoms with E-state index in [1.165, 1.54) is 18.5 Å². The molecule has 0 saturated heterocycles. The van der Waals surface area contributed by atoms with Gasteiger partial charge in [0.1, 0.15) is 18.8 Å². The summed E-state index contributed by atoms with van der Waals surface area (Å²) < 4.78 is 4.41. The van der Waals surface area contributed by atoms with Crippen LogP contribution in [-0.4, -0.2) is 27.7 Å². The standard InChI is InChI=1S/C33H42N8/c1-5-39(4)33-18-14-29(15-19-33)34-36-30-20-25-40(26-21-30)22-8-6-7-9-23-41-24-10-11-31(27-41)37-35-28-12-16-32(17-13-28)38(2)3/h10-21,24-27H,5-9,22-23H2,1-4H3/q+2/b37-35+. The van der Waals surface area contributed by atoms with Crippen LogP contribution >= 0.6 is 0 Å². The van der Waals surface area contributed by atoms with Gasteiger partial charge in [0.05, 0.1) is 17.1 Å². The minimum Gasteiger partial charge on any atom is -0.378 e. The van der Waals surface area contributed by atoms with E-state index >= 15 is 0 Å². The Kier molecular flexibility index (Phi) is 11.1. The molecular formula is C33H42N8+2. The van der Waals surface area contributed by atoms with Crippen molar-refractivity contribution in [3.05, 3.63) is 97.6 Å². The summed E-state index contributed by atoms with van der Waals surface area (Å²) in [5, 5.41) is 17.6. The molecule has 0 fully saturated rings. The van der Waals surface area contributed by atoms with Gasteiger partial charge >= 0.3 is 0 Å². The molecule has 0 aliphatic carbocycles. The summed E-state index contributed by atoms with van der Waals surface area (Å²) in [4.78, 5) is 4.26. The lowest BCUT2D eigenvalue weighted by Gasteiger charge is -2.16. The lowest BCUT2D eigenvalue weighted by atomic mass is 10.2. The van der Waals surface area contributed by atoms with Crippen molar-refractivity contribution in [1.82, 2.24) is 0 Å². The third-order valence-corrected chi connectivity index (χ3v) is 6.99. The molecule has 0 atom stereocenters. The van der Waals surface area contributed by atoms with Crippen molar-refractivity contribution < 1.29 is 9.13 Å². The average molecular weight is 551 g/mol. The second-order valence-electron chi connectivity index (χ2n) is 10.3. The van der Waals surface area contributed by atoms with Gasteiger partial charge in [0, 0.05) is 70.1 Å². The van der Waals surface area contributed by atoms with Crippen molar-refractivity contribution in [2.75, 3.05) is 37.5 Å². The molecule has 0 amide bonds. The van der Waals surface area contributed by atoms with Crippen LogP contribution in [0, 0.1) is 0 Å². The van der Waals surface area contributed by atoms with E-state index in [4.69, 9.17) is 0 Å². The van der Waals surface area contributed by atoms with E-state index < -0.39 is 0 Å². The van der Waals surface area contributed by atoms with E-state index in [0.29, 0.717) is 0 Å². The molecule has 0 aliphatic rings. The van der Waals surface area contributed by atoms with Crippen LogP contribution in [0.2, 0.25) is 0 Å². The van der Waals surface area contributed by atoms with Gasteiger partial charge in [-0.05, 0) is 74.4 Å². The Morgan fingerprint density at radius 3 is 1.61 bits per heavy atom. The van der Waals surface area contributed by atoms with Gasteiger partial charge in [-0.1, -0.05) is 0 Å². The van der Waals surface area contributed by atoms with Crippen LogP contribution in [0.1, 0.15) is 32.6 Å². The first-order valence-electron chi connectivity index (χ1n) is 14.4.